The fourth-order valence-corrected chi connectivity index (χ4v) is 3.42. The third-order valence-electron chi connectivity index (χ3n) is 4.44. The van der Waals surface area contributed by atoms with Crippen molar-refractivity contribution in [3.05, 3.63) is 22.2 Å². The molecule has 0 spiro atoms. The van der Waals surface area contributed by atoms with Gasteiger partial charge in [-0.05, 0) is 39.7 Å². The van der Waals surface area contributed by atoms with E-state index in [1.165, 1.54) is 18.9 Å². The number of likely N-dealkylation sites (N-methyl/N-ethyl adjacent to an activating group) is 1. The Labute approximate surface area is 117 Å². The fraction of sp³-hybridized carbons (Fsp3) is 0.714. The number of hydrogen-bond donors (Lipinski definition) is 1. The first-order valence-electron chi connectivity index (χ1n) is 7.22. The second kappa shape index (κ2) is 5.18. The van der Waals surface area contributed by atoms with Crippen LogP contribution < -0.4 is 10.9 Å². The maximum Gasteiger partial charge on any atom is 0.290 e. The van der Waals surface area contributed by atoms with Gasteiger partial charge in [0.25, 0.3) is 11.5 Å². The van der Waals surface area contributed by atoms with E-state index in [1.54, 1.807) is 6.92 Å². The predicted octanol–water partition coefficient (Wildman–Crippen LogP) is 0.605. The molecule has 2 aliphatic heterocycles. The van der Waals surface area contributed by atoms with E-state index in [4.69, 9.17) is 4.52 Å². The van der Waals surface area contributed by atoms with Gasteiger partial charge in [-0.1, -0.05) is 0 Å². The molecule has 2 fully saturated rings. The van der Waals surface area contributed by atoms with Crippen molar-refractivity contribution in [2.75, 3.05) is 13.6 Å². The SMILES string of the molecule is Cc1cc(=O)n(C(=O)CN(C)C2CC3CCC(C2)N3)o1. The number of hydrogen-bond acceptors (Lipinski definition) is 5. The minimum atomic E-state index is -0.383. The van der Waals surface area contributed by atoms with E-state index in [9.17, 15) is 9.59 Å². The number of aryl methyl sites for hydroxylation is 1. The van der Waals surface area contributed by atoms with E-state index in [0.717, 1.165) is 17.6 Å². The molecule has 0 saturated carbocycles. The van der Waals surface area contributed by atoms with Gasteiger partial charge in [-0.3, -0.25) is 14.5 Å². The Balaban J connectivity index is 1.64. The van der Waals surface area contributed by atoms with Gasteiger partial charge in [0.1, 0.15) is 5.76 Å². The van der Waals surface area contributed by atoms with Crippen molar-refractivity contribution in [2.45, 2.75) is 50.7 Å². The van der Waals surface area contributed by atoms with E-state index in [-0.39, 0.29) is 18.0 Å². The molecule has 2 bridgehead atoms. The number of rotatable bonds is 3. The second-order valence-corrected chi connectivity index (χ2v) is 6.05. The molecule has 20 heavy (non-hydrogen) atoms. The van der Waals surface area contributed by atoms with Gasteiger partial charge in [-0.2, -0.15) is 0 Å². The molecule has 1 aromatic rings. The average molecular weight is 279 g/mol. The minimum Gasteiger partial charge on any atom is -0.373 e. The Kier molecular flexibility index (Phi) is 3.52. The highest BCUT2D eigenvalue weighted by Gasteiger charge is 2.35. The van der Waals surface area contributed by atoms with Crippen LogP contribution in [0.4, 0.5) is 0 Å². The van der Waals surface area contributed by atoms with Gasteiger partial charge >= 0.3 is 0 Å². The third-order valence-corrected chi connectivity index (χ3v) is 4.44. The lowest BCUT2D eigenvalue weighted by atomic mass is 9.98. The monoisotopic (exact) mass is 279 g/mol. The number of nitrogens with zero attached hydrogens (tertiary/aromatic N) is 2. The molecule has 0 aliphatic carbocycles. The number of carbonyl (C=O) groups is 1. The molecule has 1 N–H and O–H groups in total. The van der Waals surface area contributed by atoms with E-state index in [1.807, 2.05) is 7.05 Å². The lowest BCUT2D eigenvalue weighted by Gasteiger charge is -2.35. The largest absolute Gasteiger partial charge is 0.373 e. The van der Waals surface area contributed by atoms with Crippen LogP contribution >= 0.6 is 0 Å². The lowest BCUT2D eigenvalue weighted by molar-refractivity contribution is 0.0677. The van der Waals surface area contributed by atoms with E-state index < -0.39 is 0 Å². The normalized spacial score (nSPS) is 29.1. The van der Waals surface area contributed by atoms with Crippen LogP contribution in [0, 0.1) is 6.92 Å². The smallest absolute Gasteiger partial charge is 0.290 e. The molecule has 6 nitrogen and oxygen atoms in total. The van der Waals surface area contributed by atoms with Crippen LogP contribution in [-0.4, -0.2) is 47.3 Å². The highest BCUT2D eigenvalue weighted by molar-refractivity contribution is 5.79. The summed E-state index contributed by atoms with van der Waals surface area (Å²) in [5.41, 5.74) is -0.383. The molecule has 2 saturated heterocycles. The Bertz CT molecular complexity index is 550. The van der Waals surface area contributed by atoms with Crippen molar-refractivity contribution < 1.29 is 9.32 Å². The molecule has 0 radical (unpaired) electrons. The number of nitrogens with one attached hydrogen (secondary N) is 1. The Morgan fingerprint density at radius 3 is 2.65 bits per heavy atom. The predicted molar refractivity (Wildman–Crippen MR) is 73.9 cm³/mol. The van der Waals surface area contributed by atoms with Crippen LogP contribution in [0.3, 0.4) is 0 Å². The standard InChI is InChI=1S/C14H21N3O3/c1-9-5-13(18)17(20-9)14(19)8-16(2)12-6-10-3-4-11(7-12)15-10/h5,10-12,15H,3-4,6-8H2,1-2H3. The first kappa shape index (κ1) is 13.6. The molecular formula is C14H21N3O3. The number of fused-ring (bicyclic) bond motifs is 2. The molecule has 2 aliphatic rings. The molecule has 3 rings (SSSR count). The summed E-state index contributed by atoms with van der Waals surface area (Å²) in [5, 5.41) is 3.59. The van der Waals surface area contributed by atoms with Gasteiger partial charge in [0.2, 0.25) is 0 Å². The van der Waals surface area contributed by atoms with Gasteiger partial charge in [0.15, 0.2) is 0 Å². The van der Waals surface area contributed by atoms with E-state index in [0.29, 0.717) is 23.9 Å². The third kappa shape index (κ3) is 2.58. The summed E-state index contributed by atoms with van der Waals surface area (Å²) < 4.78 is 6.00. The molecule has 0 aromatic carbocycles. The van der Waals surface area contributed by atoms with Gasteiger partial charge < -0.3 is 9.84 Å². The van der Waals surface area contributed by atoms with Crippen molar-refractivity contribution in [2.24, 2.45) is 0 Å². The van der Waals surface area contributed by atoms with Gasteiger partial charge in [0.05, 0.1) is 6.54 Å². The van der Waals surface area contributed by atoms with Crippen LogP contribution in [0.5, 0.6) is 0 Å². The van der Waals surface area contributed by atoms with Crippen LogP contribution in [-0.2, 0) is 0 Å². The van der Waals surface area contributed by atoms with Crippen molar-refractivity contribution >= 4 is 5.91 Å². The molecule has 2 unspecified atom stereocenters. The summed E-state index contributed by atoms with van der Waals surface area (Å²) in [6.07, 6.45) is 4.62. The molecule has 110 valence electrons. The summed E-state index contributed by atoms with van der Waals surface area (Å²) in [4.78, 5) is 25.8. The first-order chi connectivity index (χ1) is 9.52. The summed E-state index contributed by atoms with van der Waals surface area (Å²) in [7, 11) is 1.95. The maximum atomic E-state index is 12.1. The zero-order valence-corrected chi connectivity index (χ0v) is 12.0. The summed E-state index contributed by atoms with van der Waals surface area (Å²) in [6.45, 7) is 1.89. The molecular weight excluding hydrogens is 258 g/mol. The molecule has 1 aromatic heterocycles. The fourth-order valence-electron chi connectivity index (χ4n) is 3.42. The molecule has 0 amide bonds. The van der Waals surface area contributed by atoms with Gasteiger partial charge in [-0.15, -0.1) is 4.74 Å². The summed E-state index contributed by atoms with van der Waals surface area (Å²) in [5.74, 6) is 0.169. The Hall–Kier alpha value is -1.40. The zero-order valence-electron chi connectivity index (χ0n) is 12.0. The number of piperidine rings is 1. The first-order valence-corrected chi connectivity index (χ1v) is 7.22. The van der Waals surface area contributed by atoms with Crippen molar-refractivity contribution in [1.82, 2.24) is 15.0 Å². The topological polar surface area (TPSA) is 67.5 Å². The highest BCUT2D eigenvalue weighted by Crippen LogP contribution is 2.29. The van der Waals surface area contributed by atoms with Gasteiger partial charge in [-0.25, -0.2) is 0 Å². The van der Waals surface area contributed by atoms with Crippen LogP contribution in [0.25, 0.3) is 0 Å². The number of carbonyl (C=O) groups excluding carboxylic acids is 1. The average Bonchev–Trinajstić information content (AvgIpc) is 2.91. The highest BCUT2D eigenvalue weighted by atomic mass is 16.5. The van der Waals surface area contributed by atoms with Gasteiger partial charge in [0, 0.05) is 24.2 Å². The van der Waals surface area contributed by atoms with Crippen LogP contribution in [0.15, 0.2) is 15.4 Å². The van der Waals surface area contributed by atoms with Crippen LogP contribution in [0.2, 0.25) is 0 Å². The molecule has 6 heteroatoms. The Morgan fingerprint density at radius 1 is 1.45 bits per heavy atom. The second-order valence-electron chi connectivity index (χ2n) is 6.05. The van der Waals surface area contributed by atoms with Crippen LogP contribution in [0.1, 0.15) is 36.2 Å². The lowest BCUT2D eigenvalue weighted by Crippen LogP contribution is -2.48. The molecule has 3 heterocycles. The van der Waals surface area contributed by atoms with Crippen molar-refractivity contribution in [1.29, 1.82) is 0 Å². The van der Waals surface area contributed by atoms with E-state index in [2.05, 4.69) is 10.2 Å². The molecule has 2 atom stereocenters. The van der Waals surface area contributed by atoms with E-state index >= 15 is 0 Å². The van der Waals surface area contributed by atoms with Crippen molar-refractivity contribution in [3.63, 3.8) is 0 Å². The maximum absolute atomic E-state index is 12.1. The van der Waals surface area contributed by atoms with Crippen molar-refractivity contribution in [3.8, 4) is 0 Å². The summed E-state index contributed by atoms with van der Waals surface area (Å²) >= 11 is 0. The minimum absolute atomic E-state index is 0.219. The zero-order chi connectivity index (χ0) is 14.3. The number of aromatic nitrogens is 1. The summed E-state index contributed by atoms with van der Waals surface area (Å²) in [6, 6.07) is 2.92. The quantitative estimate of drug-likeness (QED) is 0.878. The Morgan fingerprint density at radius 2 is 2.10 bits per heavy atom.